The Balaban J connectivity index is 2.48. The largest absolute Gasteiger partial charge is 0.333 e. The summed E-state index contributed by atoms with van der Waals surface area (Å²) in [5, 5.41) is 2.93. The lowest BCUT2D eigenvalue weighted by Gasteiger charge is -1.89. The molecule has 3 heteroatoms. The average molecular weight is 123 g/mol. The van der Waals surface area contributed by atoms with Gasteiger partial charge in [-0.05, 0) is 13.1 Å². The van der Waals surface area contributed by atoms with Gasteiger partial charge in [0.1, 0.15) is 0 Å². The third-order valence-electron chi connectivity index (χ3n) is 0.885. The number of anilines is 1. The number of hydrogen-bond donors (Lipinski definition) is 2. The van der Waals surface area contributed by atoms with Crippen molar-refractivity contribution in [1.82, 2.24) is 9.97 Å². The summed E-state index contributed by atoms with van der Waals surface area (Å²) in [6.45, 7) is 1.94. The molecule has 48 valence electrons. The maximum absolute atomic E-state index is 3.94. The molecule has 0 saturated heterocycles. The van der Waals surface area contributed by atoms with E-state index < -0.39 is 0 Å². The van der Waals surface area contributed by atoms with Crippen LogP contribution < -0.4 is 5.32 Å². The monoisotopic (exact) mass is 123 g/mol. The molecule has 1 aromatic heterocycles. The number of aromatic amines is 1. The molecule has 1 heterocycles. The highest BCUT2D eigenvalue weighted by molar-refractivity contribution is 5.26. The van der Waals surface area contributed by atoms with E-state index in [0.29, 0.717) is 0 Å². The molecule has 0 aliphatic rings. The van der Waals surface area contributed by atoms with Gasteiger partial charge >= 0.3 is 0 Å². The van der Waals surface area contributed by atoms with E-state index in [1.54, 1.807) is 12.4 Å². The second-order valence-electron chi connectivity index (χ2n) is 1.58. The fraction of sp³-hybridized carbons (Fsp3) is 0.167. The number of imidazole rings is 1. The molecule has 1 aromatic rings. The number of rotatable bonds is 2. The SMILES string of the molecule is C/C=C/Nc1ncc[nH]1. The van der Waals surface area contributed by atoms with E-state index >= 15 is 0 Å². The Morgan fingerprint density at radius 2 is 2.67 bits per heavy atom. The number of aromatic nitrogens is 2. The molecular weight excluding hydrogens is 114 g/mol. The van der Waals surface area contributed by atoms with Gasteiger partial charge in [-0.1, -0.05) is 6.08 Å². The van der Waals surface area contributed by atoms with Gasteiger partial charge in [0.15, 0.2) is 0 Å². The molecule has 0 aromatic carbocycles. The van der Waals surface area contributed by atoms with Crippen LogP contribution in [0.25, 0.3) is 0 Å². The summed E-state index contributed by atoms with van der Waals surface area (Å²) in [7, 11) is 0. The summed E-state index contributed by atoms with van der Waals surface area (Å²) in [4.78, 5) is 6.83. The Morgan fingerprint density at radius 3 is 3.22 bits per heavy atom. The molecule has 0 unspecified atom stereocenters. The predicted molar refractivity (Wildman–Crippen MR) is 37.0 cm³/mol. The van der Waals surface area contributed by atoms with Crippen molar-refractivity contribution < 1.29 is 0 Å². The topological polar surface area (TPSA) is 40.7 Å². The maximum Gasteiger partial charge on any atom is 0.204 e. The number of allylic oxidation sites excluding steroid dienone is 1. The zero-order valence-electron chi connectivity index (χ0n) is 5.26. The standard InChI is InChI=1S/C6H9N3/c1-2-3-7-6-8-4-5-9-6/h2-5H,1H3,(H2,7,8,9)/b3-2+. The first-order valence-corrected chi connectivity index (χ1v) is 2.80. The normalized spacial score (nSPS) is 10.3. The van der Waals surface area contributed by atoms with E-state index in [1.165, 1.54) is 0 Å². The van der Waals surface area contributed by atoms with Crippen LogP contribution >= 0.6 is 0 Å². The van der Waals surface area contributed by atoms with Crippen LogP contribution in [-0.4, -0.2) is 9.97 Å². The average Bonchev–Trinajstić information content (AvgIpc) is 2.34. The van der Waals surface area contributed by atoms with Crippen LogP contribution in [0.2, 0.25) is 0 Å². The Kier molecular flexibility index (Phi) is 1.90. The summed E-state index contributed by atoms with van der Waals surface area (Å²) in [6, 6.07) is 0. The molecule has 0 saturated carbocycles. The number of hydrogen-bond acceptors (Lipinski definition) is 2. The minimum absolute atomic E-state index is 0.771. The van der Waals surface area contributed by atoms with Crippen molar-refractivity contribution in [3.8, 4) is 0 Å². The van der Waals surface area contributed by atoms with E-state index in [9.17, 15) is 0 Å². The van der Waals surface area contributed by atoms with Gasteiger partial charge in [0.05, 0.1) is 0 Å². The molecule has 0 amide bonds. The Morgan fingerprint density at radius 1 is 1.78 bits per heavy atom. The summed E-state index contributed by atoms with van der Waals surface area (Å²) >= 11 is 0. The van der Waals surface area contributed by atoms with Crippen molar-refractivity contribution >= 4 is 5.95 Å². The molecule has 9 heavy (non-hydrogen) atoms. The molecule has 2 N–H and O–H groups in total. The number of nitrogens with zero attached hydrogens (tertiary/aromatic N) is 1. The summed E-state index contributed by atoms with van der Waals surface area (Å²) in [5.74, 6) is 0.771. The van der Waals surface area contributed by atoms with Gasteiger partial charge in [-0.2, -0.15) is 0 Å². The van der Waals surface area contributed by atoms with E-state index in [0.717, 1.165) is 5.95 Å². The van der Waals surface area contributed by atoms with Gasteiger partial charge in [-0.15, -0.1) is 0 Å². The van der Waals surface area contributed by atoms with Crippen LogP contribution in [0, 0.1) is 0 Å². The first kappa shape index (κ1) is 5.88. The lowest BCUT2D eigenvalue weighted by Crippen LogP contribution is -1.87. The van der Waals surface area contributed by atoms with Crippen LogP contribution in [0.5, 0.6) is 0 Å². The Hall–Kier alpha value is -1.25. The van der Waals surface area contributed by atoms with Crippen LogP contribution in [0.3, 0.4) is 0 Å². The fourth-order valence-corrected chi connectivity index (χ4v) is 0.506. The molecule has 0 atom stereocenters. The zero-order chi connectivity index (χ0) is 6.53. The van der Waals surface area contributed by atoms with E-state index in [1.807, 2.05) is 19.2 Å². The van der Waals surface area contributed by atoms with Crippen LogP contribution in [-0.2, 0) is 0 Å². The van der Waals surface area contributed by atoms with E-state index in [-0.39, 0.29) is 0 Å². The molecule has 3 nitrogen and oxygen atoms in total. The van der Waals surface area contributed by atoms with Gasteiger partial charge in [-0.25, -0.2) is 4.98 Å². The van der Waals surface area contributed by atoms with Crippen molar-refractivity contribution in [2.45, 2.75) is 6.92 Å². The minimum atomic E-state index is 0.771. The first-order valence-electron chi connectivity index (χ1n) is 2.80. The summed E-state index contributed by atoms with van der Waals surface area (Å²) in [5.41, 5.74) is 0. The van der Waals surface area contributed by atoms with Crippen LogP contribution in [0.1, 0.15) is 6.92 Å². The molecule has 0 aliphatic heterocycles. The third kappa shape index (κ3) is 1.60. The van der Waals surface area contributed by atoms with Crippen molar-refractivity contribution in [2.75, 3.05) is 5.32 Å². The Bertz CT molecular complexity index is 176. The van der Waals surface area contributed by atoms with Crippen molar-refractivity contribution in [3.05, 3.63) is 24.7 Å². The fourth-order valence-electron chi connectivity index (χ4n) is 0.506. The highest BCUT2D eigenvalue weighted by Gasteiger charge is 1.83. The van der Waals surface area contributed by atoms with Gasteiger partial charge in [0, 0.05) is 12.4 Å². The van der Waals surface area contributed by atoms with E-state index in [2.05, 4.69) is 15.3 Å². The quantitative estimate of drug-likeness (QED) is 0.623. The van der Waals surface area contributed by atoms with E-state index in [4.69, 9.17) is 0 Å². The second kappa shape index (κ2) is 2.91. The number of H-pyrrole nitrogens is 1. The van der Waals surface area contributed by atoms with Gasteiger partial charge in [-0.3, -0.25) is 0 Å². The molecule has 0 radical (unpaired) electrons. The van der Waals surface area contributed by atoms with Crippen LogP contribution in [0.4, 0.5) is 5.95 Å². The van der Waals surface area contributed by atoms with Crippen molar-refractivity contribution in [1.29, 1.82) is 0 Å². The van der Waals surface area contributed by atoms with Crippen molar-refractivity contribution in [2.24, 2.45) is 0 Å². The lowest BCUT2D eigenvalue weighted by molar-refractivity contribution is 1.28. The third-order valence-corrected chi connectivity index (χ3v) is 0.885. The molecular formula is C6H9N3. The minimum Gasteiger partial charge on any atom is -0.333 e. The zero-order valence-corrected chi connectivity index (χ0v) is 5.26. The van der Waals surface area contributed by atoms with Gasteiger partial charge in [0.2, 0.25) is 5.95 Å². The molecule has 1 rings (SSSR count). The van der Waals surface area contributed by atoms with Gasteiger partial charge in [0.25, 0.3) is 0 Å². The summed E-state index contributed by atoms with van der Waals surface area (Å²) in [6.07, 6.45) is 7.19. The highest BCUT2D eigenvalue weighted by Crippen LogP contribution is 1.92. The first-order chi connectivity index (χ1) is 4.43. The smallest absolute Gasteiger partial charge is 0.204 e. The Labute approximate surface area is 53.8 Å². The molecule has 0 aliphatic carbocycles. The predicted octanol–water partition coefficient (Wildman–Crippen LogP) is 1.36. The summed E-state index contributed by atoms with van der Waals surface area (Å²) < 4.78 is 0. The molecule has 0 fully saturated rings. The van der Waals surface area contributed by atoms with Crippen LogP contribution in [0.15, 0.2) is 24.7 Å². The van der Waals surface area contributed by atoms with Gasteiger partial charge < -0.3 is 10.3 Å². The highest BCUT2D eigenvalue weighted by atomic mass is 15.1. The lowest BCUT2D eigenvalue weighted by atomic mass is 10.7. The second-order valence-corrected chi connectivity index (χ2v) is 1.58. The maximum atomic E-state index is 3.94. The molecule has 0 bridgehead atoms. The number of nitrogens with one attached hydrogen (secondary N) is 2. The van der Waals surface area contributed by atoms with Crippen molar-refractivity contribution in [3.63, 3.8) is 0 Å². The molecule has 0 spiro atoms.